The lowest BCUT2D eigenvalue weighted by Crippen LogP contribution is -2.02. The molecule has 20 heavy (non-hydrogen) atoms. The molecular formula is C17H17NO2. The summed E-state index contributed by atoms with van der Waals surface area (Å²) < 4.78 is 5.78. The van der Waals surface area contributed by atoms with Crippen molar-refractivity contribution < 1.29 is 9.84 Å². The van der Waals surface area contributed by atoms with Crippen LogP contribution in [0.1, 0.15) is 36.1 Å². The molecule has 0 spiro atoms. The average molecular weight is 267 g/mol. The van der Waals surface area contributed by atoms with E-state index in [1.165, 1.54) is 0 Å². The maximum absolute atomic E-state index is 9.96. The van der Waals surface area contributed by atoms with E-state index in [1.54, 1.807) is 12.1 Å². The van der Waals surface area contributed by atoms with Gasteiger partial charge in [-0.2, -0.15) is 5.26 Å². The van der Waals surface area contributed by atoms with E-state index in [2.05, 4.69) is 6.07 Å². The van der Waals surface area contributed by atoms with Crippen molar-refractivity contribution in [2.75, 3.05) is 0 Å². The molecule has 2 rings (SSSR count). The van der Waals surface area contributed by atoms with Crippen LogP contribution in [0, 0.1) is 11.3 Å². The van der Waals surface area contributed by atoms with Gasteiger partial charge in [0, 0.05) is 5.56 Å². The summed E-state index contributed by atoms with van der Waals surface area (Å²) in [4.78, 5) is 0. The van der Waals surface area contributed by atoms with Gasteiger partial charge in [0.2, 0.25) is 0 Å². The van der Waals surface area contributed by atoms with Crippen LogP contribution < -0.4 is 4.74 Å². The van der Waals surface area contributed by atoms with E-state index in [-0.39, 0.29) is 0 Å². The highest BCUT2D eigenvalue weighted by molar-refractivity contribution is 5.36. The van der Waals surface area contributed by atoms with Crippen molar-refractivity contribution in [2.24, 2.45) is 0 Å². The van der Waals surface area contributed by atoms with Crippen LogP contribution in [0.15, 0.2) is 48.5 Å². The van der Waals surface area contributed by atoms with E-state index in [0.717, 1.165) is 11.1 Å². The summed E-state index contributed by atoms with van der Waals surface area (Å²) in [5.74, 6) is 0.700. The third-order valence-corrected chi connectivity index (χ3v) is 3.14. The zero-order valence-electron chi connectivity index (χ0n) is 11.4. The number of rotatable bonds is 5. The van der Waals surface area contributed by atoms with Crippen LogP contribution in [-0.2, 0) is 6.61 Å². The Morgan fingerprint density at radius 3 is 2.50 bits per heavy atom. The fourth-order valence-corrected chi connectivity index (χ4v) is 1.94. The summed E-state index contributed by atoms with van der Waals surface area (Å²) in [6, 6.07) is 16.9. The lowest BCUT2D eigenvalue weighted by molar-refractivity contribution is 0.166. The number of nitrogens with zero attached hydrogens (tertiary/aromatic N) is 1. The molecule has 0 aliphatic rings. The van der Waals surface area contributed by atoms with Crippen LogP contribution in [0.3, 0.4) is 0 Å². The van der Waals surface area contributed by atoms with Gasteiger partial charge in [0.1, 0.15) is 12.4 Å². The first-order chi connectivity index (χ1) is 9.74. The maximum Gasteiger partial charge on any atom is 0.125 e. The van der Waals surface area contributed by atoms with Crippen LogP contribution >= 0.6 is 0 Å². The Balaban J connectivity index is 2.08. The molecule has 0 fully saturated rings. The Labute approximate surface area is 119 Å². The largest absolute Gasteiger partial charge is 0.489 e. The third-order valence-electron chi connectivity index (χ3n) is 3.14. The first kappa shape index (κ1) is 14.1. The van der Waals surface area contributed by atoms with Gasteiger partial charge in [0.15, 0.2) is 0 Å². The summed E-state index contributed by atoms with van der Waals surface area (Å²) in [5.41, 5.74) is 2.43. The maximum atomic E-state index is 9.96. The Hall–Kier alpha value is -2.31. The number of benzene rings is 2. The SMILES string of the molecule is CC[C@H](O)c1ccccc1OCc1ccc(C#N)cc1. The van der Waals surface area contributed by atoms with Crippen molar-refractivity contribution in [3.05, 3.63) is 65.2 Å². The molecule has 3 nitrogen and oxygen atoms in total. The minimum Gasteiger partial charge on any atom is -0.489 e. The van der Waals surface area contributed by atoms with E-state index in [1.807, 2.05) is 43.3 Å². The topological polar surface area (TPSA) is 53.2 Å². The molecule has 2 aromatic rings. The smallest absolute Gasteiger partial charge is 0.125 e. The molecule has 0 aliphatic carbocycles. The first-order valence-corrected chi connectivity index (χ1v) is 6.63. The van der Waals surface area contributed by atoms with Gasteiger partial charge in [-0.3, -0.25) is 0 Å². The zero-order chi connectivity index (χ0) is 14.4. The second-order valence-corrected chi connectivity index (χ2v) is 4.56. The van der Waals surface area contributed by atoms with Crippen LogP contribution in [0.5, 0.6) is 5.75 Å². The highest BCUT2D eigenvalue weighted by Gasteiger charge is 2.10. The number of hydrogen-bond donors (Lipinski definition) is 1. The fourth-order valence-electron chi connectivity index (χ4n) is 1.94. The quantitative estimate of drug-likeness (QED) is 0.900. The molecular weight excluding hydrogens is 250 g/mol. The van der Waals surface area contributed by atoms with Crippen LogP contribution in [0.4, 0.5) is 0 Å². The monoisotopic (exact) mass is 267 g/mol. The molecule has 3 heteroatoms. The van der Waals surface area contributed by atoms with Crippen molar-refractivity contribution in [3.8, 4) is 11.8 Å². The molecule has 0 aliphatic heterocycles. The van der Waals surface area contributed by atoms with E-state index >= 15 is 0 Å². The number of para-hydroxylation sites is 1. The summed E-state index contributed by atoms with van der Waals surface area (Å²) >= 11 is 0. The van der Waals surface area contributed by atoms with Gasteiger partial charge in [0.25, 0.3) is 0 Å². The highest BCUT2D eigenvalue weighted by atomic mass is 16.5. The van der Waals surface area contributed by atoms with E-state index < -0.39 is 6.10 Å². The minimum absolute atomic E-state index is 0.416. The second kappa shape index (κ2) is 6.74. The molecule has 0 unspecified atom stereocenters. The van der Waals surface area contributed by atoms with Crippen molar-refractivity contribution >= 4 is 0 Å². The molecule has 0 radical (unpaired) electrons. The lowest BCUT2D eigenvalue weighted by Gasteiger charge is -2.15. The van der Waals surface area contributed by atoms with Gasteiger partial charge in [-0.25, -0.2) is 0 Å². The van der Waals surface area contributed by atoms with Crippen LogP contribution in [0.2, 0.25) is 0 Å². The number of aliphatic hydroxyl groups is 1. The molecule has 0 heterocycles. The normalized spacial score (nSPS) is 11.7. The zero-order valence-corrected chi connectivity index (χ0v) is 11.4. The van der Waals surface area contributed by atoms with E-state index in [4.69, 9.17) is 10.00 Å². The van der Waals surface area contributed by atoms with Gasteiger partial charge < -0.3 is 9.84 Å². The summed E-state index contributed by atoms with van der Waals surface area (Å²) in [6.45, 7) is 2.35. The predicted molar refractivity (Wildman–Crippen MR) is 77.2 cm³/mol. The van der Waals surface area contributed by atoms with Gasteiger partial charge >= 0.3 is 0 Å². The first-order valence-electron chi connectivity index (χ1n) is 6.63. The van der Waals surface area contributed by atoms with E-state index in [0.29, 0.717) is 24.3 Å². The molecule has 0 saturated heterocycles. The average Bonchev–Trinajstić information content (AvgIpc) is 2.53. The van der Waals surface area contributed by atoms with Crippen LogP contribution in [0.25, 0.3) is 0 Å². The molecule has 2 aromatic carbocycles. The molecule has 0 aromatic heterocycles. The standard InChI is InChI=1S/C17H17NO2/c1-2-16(19)15-5-3-4-6-17(15)20-12-14-9-7-13(11-18)8-10-14/h3-10,16,19H,2,12H2,1H3/t16-/m0/s1. The van der Waals surface area contributed by atoms with Gasteiger partial charge in [0.05, 0.1) is 17.7 Å². The summed E-state index contributed by atoms with van der Waals surface area (Å²) in [5, 5.41) is 18.7. The Morgan fingerprint density at radius 1 is 1.15 bits per heavy atom. The van der Waals surface area contributed by atoms with Crippen molar-refractivity contribution in [2.45, 2.75) is 26.1 Å². The van der Waals surface area contributed by atoms with Crippen molar-refractivity contribution in [1.29, 1.82) is 5.26 Å². The fraction of sp³-hybridized carbons (Fsp3) is 0.235. The van der Waals surface area contributed by atoms with Gasteiger partial charge in [-0.15, -0.1) is 0 Å². The number of aliphatic hydroxyl groups excluding tert-OH is 1. The molecule has 0 saturated carbocycles. The number of nitriles is 1. The van der Waals surface area contributed by atoms with E-state index in [9.17, 15) is 5.11 Å². The molecule has 102 valence electrons. The highest BCUT2D eigenvalue weighted by Crippen LogP contribution is 2.27. The third kappa shape index (κ3) is 3.37. The van der Waals surface area contributed by atoms with Crippen LogP contribution in [-0.4, -0.2) is 5.11 Å². The summed E-state index contributed by atoms with van der Waals surface area (Å²) in [6.07, 6.45) is 0.143. The molecule has 1 atom stereocenters. The van der Waals surface area contributed by atoms with Gasteiger partial charge in [-0.05, 0) is 30.2 Å². The molecule has 1 N–H and O–H groups in total. The van der Waals surface area contributed by atoms with Gasteiger partial charge in [-0.1, -0.05) is 37.3 Å². The Morgan fingerprint density at radius 2 is 1.85 bits per heavy atom. The Bertz CT molecular complexity index is 599. The lowest BCUT2D eigenvalue weighted by atomic mass is 10.1. The molecule has 0 bridgehead atoms. The molecule has 0 amide bonds. The predicted octanol–water partition coefficient (Wildman–Crippen LogP) is 3.58. The van der Waals surface area contributed by atoms with Crippen molar-refractivity contribution in [1.82, 2.24) is 0 Å². The second-order valence-electron chi connectivity index (χ2n) is 4.56. The summed E-state index contributed by atoms with van der Waals surface area (Å²) in [7, 11) is 0. The van der Waals surface area contributed by atoms with Crippen molar-refractivity contribution in [3.63, 3.8) is 0 Å². The Kier molecular flexibility index (Phi) is 4.75. The minimum atomic E-state index is -0.507. The number of hydrogen-bond acceptors (Lipinski definition) is 3. The number of ether oxygens (including phenoxy) is 1.